The number of hydrogen-bond acceptors (Lipinski definition) is 4. The monoisotopic (exact) mass is 510 g/mol. The molecule has 0 radical (unpaired) electrons. The third-order valence-electron chi connectivity index (χ3n) is 4.95. The lowest BCUT2D eigenvalue weighted by molar-refractivity contribution is -0.140. The molecule has 0 aliphatic carbocycles. The van der Waals surface area contributed by atoms with Crippen LogP contribution in [-0.2, 0) is 21.0 Å². The number of carbonyl (C=O) groups excluding carboxylic acids is 1. The Morgan fingerprint density at radius 3 is 2.20 bits per heavy atom. The molecule has 3 aromatic carbocycles. The normalized spacial score (nSPS) is 11.7. The highest BCUT2D eigenvalue weighted by atomic mass is 32.2. The summed E-state index contributed by atoms with van der Waals surface area (Å²) in [5.41, 5.74) is -0.413. The second-order valence-electron chi connectivity index (χ2n) is 7.51. The molecular weight excluding hydrogens is 488 g/mol. The number of benzene rings is 3. The second kappa shape index (κ2) is 10.3. The van der Waals surface area contributed by atoms with E-state index in [1.807, 2.05) is 6.92 Å². The number of anilines is 2. The lowest BCUT2D eigenvalue weighted by Crippen LogP contribution is -2.30. The maximum atomic E-state index is 13.4. The molecule has 0 spiro atoms. The third-order valence-corrected chi connectivity index (χ3v) is 6.86. The summed E-state index contributed by atoms with van der Waals surface area (Å²) < 4.78 is 84.4. The van der Waals surface area contributed by atoms with Crippen LogP contribution in [0.1, 0.15) is 18.1 Å². The minimum absolute atomic E-state index is 0.149. The maximum Gasteiger partial charge on any atom is 0.419 e. The van der Waals surface area contributed by atoms with Crippen molar-refractivity contribution in [2.24, 2.45) is 0 Å². The summed E-state index contributed by atoms with van der Waals surface area (Å²) in [7, 11) is -3.79. The number of sulfonamides is 1. The van der Waals surface area contributed by atoms with E-state index < -0.39 is 40.1 Å². The first-order valence-electron chi connectivity index (χ1n) is 10.4. The van der Waals surface area contributed by atoms with Gasteiger partial charge in [-0.2, -0.15) is 13.2 Å². The summed E-state index contributed by atoms with van der Waals surface area (Å²) in [6.07, 6.45) is -4.90. The minimum atomic E-state index is -4.90. The fourth-order valence-corrected chi connectivity index (χ4v) is 4.68. The molecule has 0 aliphatic rings. The molecule has 0 saturated carbocycles. The van der Waals surface area contributed by atoms with Crippen LogP contribution in [-0.4, -0.2) is 27.5 Å². The fraction of sp³-hybridized carbons (Fsp3) is 0.208. The van der Waals surface area contributed by atoms with Crippen LogP contribution in [0.4, 0.5) is 28.9 Å². The van der Waals surface area contributed by atoms with Crippen LogP contribution in [0.5, 0.6) is 5.75 Å². The van der Waals surface area contributed by atoms with Crippen LogP contribution in [0.25, 0.3) is 0 Å². The number of rotatable bonds is 8. The first-order chi connectivity index (χ1) is 16.4. The number of amides is 1. The van der Waals surface area contributed by atoms with Crippen molar-refractivity contribution in [2.75, 3.05) is 22.8 Å². The molecule has 1 N–H and O–H groups in total. The second-order valence-corrected chi connectivity index (χ2v) is 9.37. The van der Waals surface area contributed by atoms with Gasteiger partial charge in [-0.05, 0) is 68.4 Å². The molecule has 1 amide bonds. The Hall–Kier alpha value is -3.60. The Morgan fingerprint density at radius 2 is 1.63 bits per heavy atom. The zero-order valence-corrected chi connectivity index (χ0v) is 19.6. The Kier molecular flexibility index (Phi) is 7.69. The van der Waals surface area contributed by atoms with Crippen LogP contribution < -0.4 is 14.4 Å². The van der Waals surface area contributed by atoms with E-state index in [1.54, 1.807) is 19.1 Å². The maximum absolute atomic E-state index is 13.4. The first-order valence-corrected chi connectivity index (χ1v) is 11.8. The number of ether oxygens (including phenoxy) is 1. The van der Waals surface area contributed by atoms with Gasteiger partial charge in [0.2, 0.25) is 0 Å². The highest BCUT2D eigenvalue weighted by Crippen LogP contribution is 2.33. The molecule has 3 rings (SSSR count). The van der Waals surface area contributed by atoms with E-state index in [0.29, 0.717) is 17.8 Å². The molecule has 0 unspecified atom stereocenters. The molecule has 35 heavy (non-hydrogen) atoms. The highest BCUT2D eigenvalue weighted by molar-refractivity contribution is 7.92. The average Bonchev–Trinajstić information content (AvgIpc) is 2.79. The standard InChI is InChI=1S/C24H22F4N2O4S/c1-3-30(35(32,33)20-11-4-16(2)5-12-20)18-7-9-19(10-8-18)34-15-23(31)29-17-6-13-22(25)21(14-17)24(26,27)28/h4-14H,3,15H2,1-2H3,(H,29,31). The summed E-state index contributed by atoms with van der Waals surface area (Å²) >= 11 is 0. The van der Waals surface area contributed by atoms with Crippen LogP contribution in [0.15, 0.2) is 71.6 Å². The molecule has 6 nitrogen and oxygen atoms in total. The summed E-state index contributed by atoms with van der Waals surface area (Å²) in [6, 6.07) is 14.5. The van der Waals surface area contributed by atoms with E-state index in [1.165, 1.54) is 40.7 Å². The zero-order valence-electron chi connectivity index (χ0n) is 18.8. The van der Waals surface area contributed by atoms with Crippen LogP contribution in [0.2, 0.25) is 0 Å². The molecule has 0 heterocycles. The number of aryl methyl sites for hydroxylation is 1. The Morgan fingerprint density at radius 1 is 1.00 bits per heavy atom. The Balaban J connectivity index is 1.65. The van der Waals surface area contributed by atoms with Crippen LogP contribution >= 0.6 is 0 Å². The number of carbonyl (C=O) groups is 1. The molecule has 0 aromatic heterocycles. The smallest absolute Gasteiger partial charge is 0.419 e. The highest BCUT2D eigenvalue weighted by Gasteiger charge is 2.34. The zero-order chi connectivity index (χ0) is 25.8. The molecule has 186 valence electrons. The molecule has 0 aliphatic heterocycles. The number of nitrogens with one attached hydrogen (secondary N) is 1. The molecule has 0 atom stereocenters. The van der Waals surface area contributed by atoms with Crippen molar-refractivity contribution >= 4 is 27.3 Å². The van der Waals surface area contributed by atoms with Gasteiger partial charge in [-0.15, -0.1) is 0 Å². The Bertz CT molecular complexity index is 1290. The van der Waals surface area contributed by atoms with E-state index in [-0.39, 0.29) is 22.9 Å². The predicted molar refractivity (Wildman–Crippen MR) is 123 cm³/mol. The molecule has 0 bridgehead atoms. The van der Waals surface area contributed by atoms with Gasteiger partial charge in [0, 0.05) is 12.2 Å². The van der Waals surface area contributed by atoms with Crippen molar-refractivity contribution in [1.29, 1.82) is 0 Å². The fourth-order valence-electron chi connectivity index (χ4n) is 3.20. The van der Waals surface area contributed by atoms with Gasteiger partial charge in [-0.3, -0.25) is 9.10 Å². The number of hydrogen-bond donors (Lipinski definition) is 1. The Labute approximate surface area is 200 Å². The van der Waals surface area contributed by atoms with Gasteiger partial charge in [0.1, 0.15) is 11.6 Å². The molecule has 11 heteroatoms. The van der Waals surface area contributed by atoms with Crippen molar-refractivity contribution in [2.45, 2.75) is 24.9 Å². The largest absolute Gasteiger partial charge is 0.484 e. The summed E-state index contributed by atoms with van der Waals surface area (Å²) in [5.74, 6) is -1.97. The topological polar surface area (TPSA) is 75.7 Å². The van der Waals surface area contributed by atoms with Gasteiger partial charge in [-0.1, -0.05) is 17.7 Å². The molecular formula is C24H22F4N2O4S. The van der Waals surface area contributed by atoms with E-state index in [0.717, 1.165) is 11.6 Å². The van der Waals surface area contributed by atoms with Gasteiger partial charge >= 0.3 is 6.18 Å². The molecule has 0 saturated heterocycles. The van der Waals surface area contributed by atoms with E-state index >= 15 is 0 Å². The van der Waals surface area contributed by atoms with E-state index in [4.69, 9.17) is 4.74 Å². The van der Waals surface area contributed by atoms with Crippen molar-refractivity contribution in [1.82, 2.24) is 0 Å². The molecule has 3 aromatic rings. The van der Waals surface area contributed by atoms with Gasteiger partial charge in [0.25, 0.3) is 15.9 Å². The van der Waals surface area contributed by atoms with Crippen molar-refractivity contribution in [3.05, 3.63) is 83.7 Å². The minimum Gasteiger partial charge on any atom is -0.484 e. The van der Waals surface area contributed by atoms with Crippen LogP contribution in [0, 0.1) is 12.7 Å². The summed E-state index contributed by atoms with van der Waals surface area (Å²) in [4.78, 5) is 12.2. The SMILES string of the molecule is CCN(c1ccc(OCC(=O)Nc2ccc(F)c(C(F)(F)F)c2)cc1)S(=O)(=O)c1ccc(C)cc1. The van der Waals surface area contributed by atoms with Crippen LogP contribution in [0.3, 0.4) is 0 Å². The summed E-state index contributed by atoms with van der Waals surface area (Å²) in [5, 5.41) is 2.21. The lowest BCUT2D eigenvalue weighted by Gasteiger charge is -2.23. The third kappa shape index (κ3) is 6.30. The van der Waals surface area contributed by atoms with Gasteiger partial charge in [0.05, 0.1) is 16.1 Å². The lowest BCUT2D eigenvalue weighted by atomic mass is 10.2. The van der Waals surface area contributed by atoms with E-state index in [2.05, 4.69) is 5.32 Å². The van der Waals surface area contributed by atoms with Gasteiger partial charge in [-0.25, -0.2) is 12.8 Å². The average molecular weight is 511 g/mol. The van der Waals surface area contributed by atoms with Crippen molar-refractivity contribution in [3.8, 4) is 5.75 Å². The number of halogens is 4. The van der Waals surface area contributed by atoms with Gasteiger partial charge < -0.3 is 10.1 Å². The van der Waals surface area contributed by atoms with Crippen molar-refractivity contribution < 1.29 is 35.5 Å². The predicted octanol–water partition coefficient (Wildman–Crippen LogP) is 5.39. The van der Waals surface area contributed by atoms with Crippen molar-refractivity contribution in [3.63, 3.8) is 0 Å². The van der Waals surface area contributed by atoms with Gasteiger partial charge in [0.15, 0.2) is 6.61 Å². The van der Waals surface area contributed by atoms with E-state index in [9.17, 15) is 30.8 Å². The summed E-state index contributed by atoms with van der Waals surface area (Å²) in [6.45, 7) is 3.19. The number of alkyl halides is 3. The molecule has 0 fully saturated rings. The quantitative estimate of drug-likeness (QED) is 0.413. The first kappa shape index (κ1) is 26.0. The number of nitrogens with zero attached hydrogens (tertiary/aromatic N) is 1.